The first-order chi connectivity index (χ1) is 10.4. The molecule has 0 aliphatic carbocycles. The molecule has 2 N–H and O–H groups in total. The molecule has 0 radical (unpaired) electrons. The van der Waals surface area contributed by atoms with E-state index in [1.54, 1.807) is 0 Å². The molecular weight excluding hydrogens is 290 g/mol. The Morgan fingerprint density at radius 1 is 0.955 bits per heavy atom. The lowest BCUT2D eigenvalue weighted by Crippen LogP contribution is -2.10. The standard InChI is InChI=1S/C19H25NOS/c1-19(2,3)16-6-10-18(11-7-16)21-12-13-22-14-15-4-8-17(20)9-5-15/h4-11H,12-14,20H2,1-3H3. The molecule has 0 atom stereocenters. The van der Waals surface area contributed by atoms with Gasteiger partial charge in [0.25, 0.3) is 0 Å². The molecule has 0 bridgehead atoms. The summed E-state index contributed by atoms with van der Waals surface area (Å²) in [6.45, 7) is 7.39. The van der Waals surface area contributed by atoms with Gasteiger partial charge in [-0.1, -0.05) is 45.0 Å². The summed E-state index contributed by atoms with van der Waals surface area (Å²) in [6.07, 6.45) is 0. The largest absolute Gasteiger partial charge is 0.493 e. The smallest absolute Gasteiger partial charge is 0.119 e. The minimum absolute atomic E-state index is 0.188. The summed E-state index contributed by atoms with van der Waals surface area (Å²) in [4.78, 5) is 0. The van der Waals surface area contributed by atoms with Crippen LogP contribution in [0.25, 0.3) is 0 Å². The zero-order valence-corrected chi connectivity index (χ0v) is 14.5. The van der Waals surface area contributed by atoms with Crippen molar-refractivity contribution >= 4 is 17.4 Å². The number of thioether (sulfide) groups is 1. The van der Waals surface area contributed by atoms with E-state index in [1.807, 2.05) is 23.9 Å². The zero-order chi connectivity index (χ0) is 16.0. The minimum atomic E-state index is 0.188. The second-order valence-corrected chi connectivity index (χ2v) is 7.52. The number of rotatable bonds is 6. The highest BCUT2D eigenvalue weighted by molar-refractivity contribution is 7.98. The third kappa shape index (κ3) is 5.30. The molecule has 2 aromatic rings. The highest BCUT2D eigenvalue weighted by atomic mass is 32.2. The van der Waals surface area contributed by atoms with Gasteiger partial charge in [-0.25, -0.2) is 0 Å². The van der Waals surface area contributed by atoms with Crippen LogP contribution in [-0.2, 0) is 11.2 Å². The molecule has 0 fully saturated rings. The van der Waals surface area contributed by atoms with E-state index >= 15 is 0 Å². The molecular formula is C19H25NOS. The lowest BCUT2D eigenvalue weighted by Gasteiger charge is -2.19. The lowest BCUT2D eigenvalue weighted by molar-refractivity contribution is 0.343. The molecule has 0 unspecified atom stereocenters. The fourth-order valence-electron chi connectivity index (χ4n) is 2.07. The molecule has 0 heterocycles. The Labute approximate surface area is 138 Å². The third-order valence-corrected chi connectivity index (χ3v) is 4.46. The van der Waals surface area contributed by atoms with E-state index in [0.29, 0.717) is 0 Å². The first-order valence-electron chi connectivity index (χ1n) is 7.61. The van der Waals surface area contributed by atoms with Crippen LogP contribution in [0.1, 0.15) is 31.9 Å². The molecule has 0 saturated heterocycles. The Bertz CT molecular complexity index is 570. The molecule has 2 rings (SSSR count). The molecule has 3 heteroatoms. The van der Waals surface area contributed by atoms with Gasteiger partial charge < -0.3 is 10.5 Å². The van der Waals surface area contributed by atoms with E-state index in [-0.39, 0.29) is 5.41 Å². The average Bonchev–Trinajstić information content (AvgIpc) is 2.48. The van der Waals surface area contributed by atoms with Gasteiger partial charge in [0, 0.05) is 17.2 Å². The normalized spacial score (nSPS) is 11.4. The maximum Gasteiger partial charge on any atom is 0.119 e. The van der Waals surface area contributed by atoms with Crippen LogP contribution < -0.4 is 10.5 Å². The monoisotopic (exact) mass is 315 g/mol. The molecule has 0 aliphatic rings. The van der Waals surface area contributed by atoms with Crippen LogP contribution in [0.2, 0.25) is 0 Å². The lowest BCUT2D eigenvalue weighted by atomic mass is 9.87. The number of hydrogen-bond donors (Lipinski definition) is 1. The van der Waals surface area contributed by atoms with Gasteiger partial charge in [0.05, 0.1) is 6.61 Å². The SMILES string of the molecule is CC(C)(C)c1ccc(OCCSCc2ccc(N)cc2)cc1. The van der Waals surface area contributed by atoms with Gasteiger partial charge in [-0.2, -0.15) is 11.8 Å². The number of nitrogens with two attached hydrogens (primary N) is 1. The Balaban J connectivity index is 1.69. The Kier molecular flexibility index (Phi) is 5.78. The van der Waals surface area contributed by atoms with Crippen molar-refractivity contribution in [2.45, 2.75) is 31.9 Å². The fourth-order valence-corrected chi connectivity index (χ4v) is 2.85. The van der Waals surface area contributed by atoms with E-state index in [2.05, 4.69) is 57.2 Å². The predicted molar refractivity (Wildman–Crippen MR) is 97.7 cm³/mol. The molecule has 0 spiro atoms. The predicted octanol–water partition coefficient (Wildman–Crippen LogP) is 4.88. The van der Waals surface area contributed by atoms with Crippen molar-refractivity contribution in [1.29, 1.82) is 0 Å². The van der Waals surface area contributed by atoms with Crippen LogP contribution in [0.5, 0.6) is 5.75 Å². The Morgan fingerprint density at radius 2 is 1.59 bits per heavy atom. The number of benzene rings is 2. The van der Waals surface area contributed by atoms with E-state index in [0.717, 1.165) is 29.5 Å². The number of nitrogen functional groups attached to an aromatic ring is 1. The van der Waals surface area contributed by atoms with Crippen molar-refractivity contribution in [3.8, 4) is 5.75 Å². The Hall–Kier alpha value is -1.61. The maximum atomic E-state index is 5.79. The van der Waals surface area contributed by atoms with E-state index in [9.17, 15) is 0 Å². The molecule has 0 amide bonds. The molecule has 2 aromatic carbocycles. The summed E-state index contributed by atoms with van der Waals surface area (Å²) >= 11 is 1.87. The number of hydrogen-bond acceptors (Lipinski definition) is 3. The van der Waals surface area contributed by atoms with Crippen molar-refractivity contribution < 1.29 is 4.74 Å². The van der Waals surface area contributed by atoms with Crippen LogP contribution in [0.3, 0.4) is 0 Å². The average molecular weight is 315 g/mol. The van der Waals surface area contributed by atoms with Crippen molar-refractivity contribution in [3.63, 3.8) is 0 Å². The van der Waals surface area contributed by atoms with Gasteiger partial charge in [0.1, 0.15) is 5.75 Å². The third-order valence-electron chi connectivity index (χ3n) is 3.47. The molecule has 0 aromatic heterocycles. The van der Waals surface area contributed by atoms with E-state index in [1.165, 1.54) is 11.1 Å². The Morgan fingerprint density at radius 3 is 2.18 bits per heavy atom. The van der Waals surface area contributed by atoms with Crippen LogP contribution in [0, 0.1) is 0 Å². The fraction of sp³-hybridized carbons (Fsp3) is 0.368. The van der Waals surface area contributed by atoms with Gasteiger partial charge in [-0.05, 0) is 40.8 Å². The topological polar surface area (TPSA) is 35.2 Å². The molecule has 22 heavy (non-hydrogen) atoms. The summed E-state index contributed by atoms with van der Waals surface area (Å²) in [5, 5.41) is 0. The van der Waals surface area contributed by atoms with Gasteiger partial charge >= 0.3 is 0 Å². The maximum absolute atomic E-state index is 5.79. The zero-order valence-electron chi connectivity index (χ0n) is 13.6. The van der Waals surface area contributed by atoms with Crippen LogP contribution in [0.15, 0.2) is 48.5 Å². The van der Waals surface area contributed by atoms with Crippen LogP contribution in [-0.4, -0.2) is 12.4 Å². The minimum Gasteiger partial charge on any atom is -0.493 e. The quantitative estimate of drug-likeness (QED) is 0.609. The van der Waals surface area contributed by atoms with E-state index in [4.69, 9.17) is 10.5 Å². The second-order valence-electron chi connectivity index (χ2n) is 6.42. The van der Waals surface area contributed by atoms with Gasteiger partial charge in [0.2, 0.25) is 0 Å². The highest BCUT2D eigenvalue weighted by Gasteiger charge is 2.12. The highest BCUT2D eigenvalue weighted by Crippen LogP contribution is 2.24. The first kappa shape index (κ1) is 16.8. The van der Waals surface area contributed by atoms with Gasteiger partial charge in [0.15, 0.2) is 0 Å². The number of anilines is 1. The molecule has 2 nitrogen and oxygen atoms in total. The van der Waals surface area contributed by atoms with Gasteiger partial charge in [-0.3, -0.25) is 0 Å². The van der Waals surface area contributed by atoms with Crippen LogP contribution in [0.4, 0.5) is 5.69 Å². The van der Waals surface area contributed by atoms with Crippen molar-refractivity contribution in [2.24, 2.45) is 0 Å². The molecule has 0 saturated carbocycles. The van der Waals surface area contributed by atoms with Crippen LogP contribution >= 0.6 is 11.8 Å². The summed E-state index contributed by atoms with van der Waals surface area (Å²) in [7, 11) is 0. The summed E-state index contributed by atoms with van der Waals surface area (Å²) in [6, 6.07) is 16.5. The van der Waals surface area contributed by atoms with Gasteiger partial charge in [-0.15, -0.1) is 0 Å². The summed E-state index contributed by atoms with van der Waals surface area (Å²) in [5.41, 5.74) is 9.31. The van der Waals surface area contributed by atoms with Crippen molar-refractivity contribution in [2.75, 3.05) is 18.1 Å². The molecule has 0 aliphatic heterocycles. The summed E-state index contributed by atoms with van der Waals surface area (Å²) in [5.74, 6) is 2.92. The first-order valence-corrected chi connectivity index (χ1v) is 8.76. The summed E-state index contributed by atoms with van der Waals surface area (Å²) < 4.78 is 5.79. The van der Waals surface area contributed by atoms with E-state index < -0.39 is 0 Å². The van der Waals surface area contributed by atoms with Crippen molar-refractivity contribution in [3.05, 3.63) is 59.7 Å². The number of ether oxygens (including phenoxy) is 1. The molecule has 118 valence electrons. The van der Waals surface area contributed by atoms with Crippen molar-refractivity contribution in [1.82, 2.24) is 0 Å². The second kappa shape index (κ2) is 7.59.